The first-order chi connectivity index (χ1) is 11.3. The van der Waals surface area contributed by atoms with Crippen molar-refractivity contribution in [3.8, 4) is 0 Å². The van der Waals surface area contributed by atoms with Gasteiger partial charge in [-0.15, -0.1) is 0 Å². The standard InChI is InChI=1S/C17H22N6/c1-2-15-20-16(22-21-15)11-23-10-6-5-9-14(23)17-18-12-7-3-4-8-13(12)19-17/h3-4,7-8,14H,2,5-6,9-11H2,1H3,(H,18,19)(H,20,21,22)/t14-/m0/s1. The van der Waals surface area contributed by atoms with Crippen molar-refractivity contribution >= 4 is 11.0 Å². The number of rotatable bonds is 4. The summed E-state index contributed by atoms with van der Waals surface area (Å²) in [5, 5.41) is 7.32. The molecule has 1 aliphatic heterocycles. The smallest absolute Gasteiger partial charge is 0.150 e. The second-order valence-electron chi connectivity index (χ2n) is 6.17. The predicted octanol–water partition coefficient (Wildman–Crippen LogP) is 2.97. The molecular formula is C17H22N6. The first-order valence-electron chi connectivity index (χ1n) is 8.42. The monoisotopic (exact) mass is 310 g/mol. The summed E-state index contributed by atoms with van der Waals surface area (Å²) < 4.78 is 0. The number of imidazole rings is 1. The minimum Gasteiger partial charge on any atom is -0.341 e. The van der Waals surface area contributed by atoms with E-state index in [9.17, 15) is 0 Å². The summed E-state index contributed by atoms with van der Waals surface area (Å²) in [6.07, 6.45) is 4.47. The minimum absolute atomic E-state index is 0.325. The van der Waals surface area contributed by atoms with Crippen LogP contribution >= 0.6 is 0 Å². The number of H-pyrrole nitrogens is 2. The van der Waals surface area contributed by atoms with Gasteiger partial charge in [-0.25, -0.2) is 9.97 Å². The van der Waals surface area contributed by atoms with Crippen LogP contribution in [0.5, 0.6) is 0 Å². The van der Waals surface area contributed by atoms with Crippen LogP contribution in [0, 0.1) is 0 Å². The summed E-state index contributed by atoms with van der Waals surface area (Å²) in [4.78, 5) is 15.3. The number of hydrogen-bond acceptors (Lipinski definition) is 4. The van der Waals surface area contributed by atoms with Gasteiger partial charge in [-0.1, -0.05) is 25.5 Å². The molecule has 0 amide bonds. The lowest BCUT2D eigenvalue weighted by atomic mass is 10.0. The molecule has 1 atom stereocenters. The fraction of sp³-hybridized carbons (Fsp3) is 0.471. The second-order valence-corrected chi connectivity index (χ2v) is 6.17. The summed E-state index contributed by atoms with van der Waals surface area (Å²) in [7, 11) is 0. The second kappa shape index (κ2) is 6.12. The van der Waals surface area contributed by atoms with Gasteiger partial charge < -0.3 is 4.98 Å². The molecule has 0 aliphatic carbocycles. The molecule has 1 aliphatic rings. The average molecular weight is 310 g/mol. The number of para-hydroxylation sites is 2. The van der Waals surface area contributed by atoms with E-state index >= 15 is 0 Å². The zero-order valence-corrected chi connectivity index (χ0v) is 13.4. The lowest BCUT2D eigenvalue weighted by Crippen LogP contribution is -2.33. The third-order valence-electron chi connectivity index (χ3n) is 4.58. The van der Waals surface area contributed by atoms with Crippen molar-refractivity contribution in [3.63, 3.8) is 0 Å². The van der Waals surface area contributed by atoms with E-state index in [4.69, 9.17) is 4.98 Å². The Morgan fingerprint density at radius 2 is 2.13 bits per heavy atom. The maximum absolute atomic E-state index is 4.81. The van der Waals surface area contributed by atoms with Crippen molar-refractivity contribution in [1.29, 1.82) is 0 Å². The van der Waals surface area contributed by atoms with Crippen molar-refractivity contribution < 1.29 is 0 Å². The normalized spacial score (nSPS) is 19.4. The Morgan fingerprint density at radius 1 is 1.22 bits per heavy atom. The van der Waals surface area contributed by atoms with Gasteiger partial charge in [0.05, 0.1) is 23.6 Å². The highest BCUT2D eigenvalue weighted by Gasteiger charge is 2.27. The van der Waals surface area contributed by atoms with Gasteiger partial charge in [-0.2, -0.15) is 5.10 Å². The van der Waals surface area contributed by atoms with E-state index in [1.165, 1.54) is 12.8 Å². The Labute approximate surface area is 135 Å². The van der Waals surface area contributed by atoms with Gasteiger partial charge in [-0.05, 0) is 31.5 Å². The van der Waals surface area contributed by atoms with Crippen LogP contribution in [0.15, 0.2) is 24.3 Å². The molecule has 1 saturated heterocycles. The highest BCUT2D eigenvalue weighted by atomic mass is 15.3. The van der Waals surface area contributed by atoms with Crippen LogP contribution in [-0.4, -0.2) is 36.6 Å². The summed E-state index contributed by atoms with van der Waals surface area (Å²) in [6.45, 7) is 3.95. The molecule has 23 heavy (non-hydrogen) atoms. The van der Waals surface area contributed by atoms with Crippen molar-refractivity contribution in [2.75, 3.05) is 6.54 Å². The topological polar surface area (TPSA) is 73.5 Å². The van der Waals surface area contributed by atoms with Crippen LogP contribution in [0.1, 0.15) is 49.7 Å². The SMILES string of the molecule is CCc1n[nH]c(CN2CCCC[C@H]2c2nc3ccccc3[nH]2)n1. The quantitative estimate of drug-likeness (QED) is 0.777. The Kier molecular flexibility index (Phi) is 3.83. The third kappa shape index (κ3) is 2.86. The van der Waals surface area contributed by atoms with Gasteiger partial charge in [0.1, 0.15) is 17.5 Å². The summed E-state index contributed by atoms with van der Waals surface area (Å²) in [6, 6.07) is 8.55. The molecule has 6 nitrogen and oxygen atoms in total. The molecule has 3 heterocycles. The van der Waals surface area contributed by atoms with Gasteiger partial charge >= 0.3 is 0 Å². The van der Waals surface area contributed by atoms with E-state index in [0.717, 1.165) is 54.4 Å². The highest BCUT2D eigenvalue weighted by Crippen LogP contribution is 2.31. The summed E-state index contributed by atoms with van der Waals surface area (Å²) in [5.74, 6) is 2.91. The van der Waals surface area contributed by atoms with Gasteiger partial charge in [0.15, 0.2) is 0 Å². The first kappa shape index (κ1) is 14.4. The number of fused-ring (bicyclic) bond motifs is 1. The molecule has 4 rings (SSSR count). The molecule has 0 saturated carbocycles. The van der Waals surface area contributed by atoms with Gasteiger partial charge in [-0.3, -0.25) is 10.00 Å². The van der Waals surface area contributed by atoms with E-state index in [1.54, 1.807) is 0 Å². The number of likely N-dealkylation sites (tertiary alicyclic amines) is 1. The average Bonchev–Trinajstić information content (AvgIpc) is 3.21. The van der Waals surface area contributed by atoms with Crippen LogP contribution in [0.25, 0.3) is 11.0 Å². The number of hydrogen-bond donors (Lipinski definition) is 2. The number of benzene rings is 1. The number of nitrogens with one attached hydrogen (secondary N) is 2. The van der Waals surface area contributed by atoms with Crippen molar-refractivity contribution in [3.05, 3.63) is 41.7 Å². The molecule has 3 aromatic rings. The minimum atomic E-state index is 0.325. The molecule has 120 valence electrons. The Balaban J connectivity index is 1.59. The van der Waals surface area contributed by atoms with Crippen molar-refractivity contribution in [1.82, 2.24) is 30.0 Å². The van der Waals surface area contributed by atoms with E-state index in [1.807, 2.05) is 12.1 Å². The summed E-state index contributed by atoms with van der Waals surface area (Å²) >= 11 is 0. The molecule has 0 unspecified atom stereocenters. The Hall–Kier alpha value is -2.21. The van der Waals surface area contributed by atoms with Crippen LogP contribution in [0.2, 0.25) is 0 Å². The molecule has 6 heteroatoms. The fourth-order valence-electron chi connectivity index (χ4n) is 3.38. The number of piperidine rings is 1. The maximum atomic E-state index is 4.81. The predicted molar refractivity (Wildman–Crippen MR) is 88.9 cm³/mol. The Morgan fingerprint density at radius 3 is 2.96 bits per heavy atom. The molecule has 0 radical (unpaired) electrons. The van der Waals surface area contributed by atoms with Crippen LogP contribution in [0.3, 0.4) is 0 Å². The van der Waals surface area contributed by atoms with Gasteiger partial charge in [0.25, 0.3) is 0 Å². The summed E-state index contributed by atoms with van der Waals surface area (Å²) in [5.41, 5.74) is 2.15. The number of aryl methyl sites for hydroxylation is 1. The first-order valence-corrected chi connectivity index (χ1v) is 8.42. The molecule has 2 N–H and O–H groups in total. The lowest BCUT2D eigenvalue weighted by molar-refractivity contribution is 0.131. The van der Waals surface area contributed by atoms with Gasteiger partial charge in [0, 0.05) is 6.42 Å². The van der Waals surface area contributed by atoms with E-state index in [0.29, 0.717) is 6.04 Å². The van der Waals surface area contributed by atoms with Crippen molar-refractivity contribution in [2.45, 2.75) is 45.2 Å². The maximum Gasteiger partial charge on any atom is 0.150 e. The van der Waals surface area contributed by atoms with E-state index in [-0.39, 0.29) is 0 Å². The zero-order valence-electron chi connectivity index (χ0n) is 13.4. The van der Waals surface area contributed by atoms with E-state index in [2.05, 4.69) is 44.1 Å². The fourth-order valence-corrected chi connectivity index (χ4v) is 3.38. The van der Waals surface area contributed by atoms with Gasteiger partial charge in [0.2, 0.25) is 0 Å². The zero-order chi connectivity index (χ0) is 15.6. The highest BCUT2D eigenvalue weighted by molar-refractivity contribution is 5.74. The Bertz CT molecular complexity index is 756. The molecule has 1 fully saturated rings. The van der Waals surface area contributed by atoms with Crippen molar-refractivity contribution in [2.24, 2.45) is 0 Å². The molecule has 0 spiro atoms. The van der Waals surface area contributed by atoms with Crippen LogP contribution in [-0.2, 0) is 13.0 Å². The van der Waals surface area contributed by atoms with E-state index < -0.39 is 0 Å². The van der Waals surface area contributed by atoms with Crippen LogP contribution in [0.4, 0.5) is 0 Å². The van der Waals surface area contributed by atoms with Crippen LogP contribution < -0.4 is 0 Å². The molecule has 0 bridgehead atoms. The number of aromatic amines is 2. The molecule has 1 aromatic carbocycles. The molecule has 2 aromatic heterocycles. The lowest BCUT2D eigenvalue weighted by Gasteiger charge is -2.33. The molecular weight excluding hydrogens is 288 g/mol. The number of aromatic nitrogens is 5. The number of nitrogens with zero attached hydrogens (tertiary/aromatic N) is 4. The third-order valence-corrected chi connectivity index (χ3v) is 4.58. The largest absolute Gasteiger partial charge is 0.341 e.